The Bertz CT molecular complexity index is 1200. The highest BCUT2D eigenvalue weighted by Crippen LogP contribution is 2.36. The van der Waals surface area contributed by atoms with Gasteiger partial charge in [-0.15, -0.1) is 11.3 Å². The lowest BCUT2D eigenvalue weighted by atomic mass is 9.99. The van der Waals surface area contributed by atoms with E-state index in [1.54, 1.807) is 12.3 Å². The van der Waals surface area contributed by atoms with Gasteiger partial charge >= 0.3 is 0 Å². The summed E-state index contributed by atoms with van der Waals surface area (Å²) in [5.41, 5.74) is 2.78. The summed E-state index contributed by atoms with van der Waals surface area (Å²) in [7, 11) is 4.09. The molecule has 0 amide bonds. The van der Waals surface area contributed by atoms with Crippen LogP contribution in [0.1, 0.15) is 23.2 Å². The SMILES string of the molecule is CN(C)CCCNc1nc(-c2nccc3c2N=C(COc2ccc(F)c(Cl)c2)CC3=O)cs1. The molecule has 0 unspecified atom stereocenters. The van der Waals surface area contributed by atoms with Gasteiger partial charge in [-0.3, -0.25) is 14.8 Å². The van der Waals surface area contributed by atoms with E-state index in [4.69, 9.17) is 16.3 Å². The van der Waals surface area contributed by atoms with Crippen LogP contribution in [0.3, 0.4) is 0 Å². The van der Waals surface area contributed by atoms with Crippen molar-refractivity contribution in [2.75, 3.05) is 39.1 Å². The number of hydrogen-bond acceptors (Lipinski definition) is 8. The number of nitrogens with one attached hydrogen (secondary N) is 1. The minimum Gasteiger partial charge on any atom is -0.488 e. The zero-order chi connectivity index (χ0) is 23.4. The average Bonchev–Trinajstić information content (AvgIpc) is 3.26. The van der Waals surface area contributed by atoms with Crippen LogP contribution in [0.4, 0.5) is 15.2 Å². The van der Waals surface area contributed by atoms with E-state index in [1.807, 2.05) is 19.5 Å². The number of Topliss-reactive ketones (excluding diaryl/α,β-unsaturated/α-hetero) is 1. The molecule has 7 nitrogen and oxygen atoms in total. The molecule has 33 heavy (non-hydrogen) atoms. The number of aliphatic imine (C=N–C) groups is 1. The smallest absolute Gasteiger partial charge is 0.183 e. The highest BCUT2D eigenvalue weighted by atomic mass is 35.5. The monoisotopic (exact) mass is 487 g/mol. The largest absolute Gasteiger partial charge is 0.488 e. The summed E-state index contributed by atoms with van der Waals surface area (Å²) in [5.74, 6) is -0.177. The fourth-order valence-electron chi connectivity index (χ4n) is 3.33. The summed E-state index contributed by atoms with van der Waals surface area (Å²) < 4.78 is 19.0. The van der Waals surface area contributed by atoms with Gasteiger partial charge < -0.3 is 15.0 Å². The molecule has 2 aromatic heterocycles. The maximum absolute atomic E-state index is 13.4. The number of aromatic nitrogens is 2. The van der Waals surface area contributed by atoms with Gasteiger partial charge in [-0.1, -0.05) is 11.6 Å². The third-order valence-corrected chi connectivity index (χ3v) is 6.05. The molecule has 0 aliphatic carbocycles. The third-order valence-electron chi connectivity index (χ3n) is 4.96. The molecule has 172 valence electrons. The molecule has 0 saturated carbocycles. The maximum Gasteiger partial charge on any atom is 0.183 e. The molecule has 1 aromatic carbocycles. The second-order valence-corrected chi connectivity index (χ2v) is 9.09. The number of fused-ring (bicyclic) bond motifs is 1. The van der Waals surface area contributed by atoms with Gasteiger partial charge in [0.2, 0.25) is 0 Å². The van der Waals surface area contributed by atoms with Crippen molar-refractivity contribution in [3.63, 3.8) is 0 Å². The number of thiazole rings is 1. The van der Waals surface area contributed by atoms with E-state index < -0.39 is 5.82 Å². The number of halogens is 2. The predicted octanol–water partition coefficient (Wildman–Crippen LogP) is 5.10. The molecule has 0 atom stereocenters. The Morgan fingerprint density at radius 1 is 1.30 bits per heavy atom. The Morgan fingerprint density at radius 2 is 2.15 bits per heavy atom. The second-order valence-electron chi connectivity index (χ2n) is 7.82. The summed E-state index contributed by atoms with van der Waals surface area (Å²) in [5, 5.41) is 6.00. The molecule has 1 aliphatic heterocycles. The number of rotatable bonds is 9. The van der Waals surface area contributed by atoms with Crippen LogP contribution in [0.5, 0.6) is 5.75 Å². The average molecular weight is 488 g/mol. The van der Waals surface area contributed by atoms with Crippen molar-refractivity contribution in [1.29, 1.82) is 0 Å². The molecule has 10 heteroatoms. The number of hydrogen-bond donors (Lipinski definition) is 1. The normalized spacial score (nSPS) is 13.1. The van der Waals surface area contributed by atoms with Gasteiger partial charge in [0.1, 0.15) is 35.2 Å². The first-order valence-corrected chi connectivity index (χ1v) is 11.7. The maximum atomic E-state index is 13.4. The molecule has 3 aromatic rings. The van der Waals surface area contributed by atoms with Gasteiger partial charge in [-0.2, -0.15) is 0 Å². The minimum absolute atomic E-state index is 0.0272. The molecule has 4 rings (SSSR count). The molecule has 0 bridgehead atoms. The Hall–Kier alpha value is -2.88. The van der Waals surface area contributed by atoms with Crippen molar-refractivity contribution in [3.8, 4) is 17.1 Å². The van der Waals surface area contributed by atoms with E-state index in [0.717, 1.165) is 24.6 Å². The highest BCUT2D eigenvalue weighted by molar-refractivity contribution is 7.14. The molecule has 1 aliphatic rings. The standard InChI is InChI=1S/C23H23ClFN5O2S/c1-30(2)9-3-7-27-23-29-19(13-33-23)22-21-16(6-8-26-22)20(31)10-14(28-21)12-32-15-4-5-18(25)17(24)11-15/h4-6,8,11,13H,3,7,9-10,12H2,1-2H3,(H,27,29). The first-order valence-electron chi connectivity index (χ1n) is 10.4. The number of carbonyl (C=O) groups is 1. The molecule has 1 N–H and O–H groups in total. The number of carbonyl (C=O) groups excluding carboxylic acids is 1. The molecule has 0 fully saturated rings. The zero-order valence-electron chi connectivity index (χ0n) is 18.3. The Kier molecular flexibility index (Phi) is 7.32. The fourth-order valence-corrected chi connectivity index (χ4v) is 4.22. The first kappa shape index (κ1) is 23.3. The van der Waals surface area contributed by atoms with Gasteiger partial charge in [-0.25, -0.2) is 9.37 Å². The Labute approximate surface area is 200 Å². The summed E-state index contributed by atoms with van der Waals surface area (Å²) >= 11 is 7.30. The van der Waals surface area contributed by atoms with E-state index in [1.165, 1.54) is 29.5 Å². The van der Waals surface area contributed by atoms with Crippen molar-refractivity contribution < 1.29 is 13.9 Å². The number of pyridine rings is 1. The lowest BCUT2D eigenvalue weighted by molar-refractivity contribution is 0.0998. The van der Waals surface area contributed by atoms with Crippen molar-refractivity contribution in [1.82, 2.24) is 14.9 Å². The zero-order valence-corrected chi connectivity index (χ0v) is 19.8. The minimum atomic E-state index is -0.520. The van der Waals surface area contributed by atoms with Crippen LogP contribution >= 0.6 is 22.9 Å². The molecule has 0 spiro atoms. The van der Waals surface area contributed by atoms with Crippen molar-refractivity contribution in [2.24, 2.45) is 4.99 Å². The van der Waals surface area contributed by atoms with Crippen molar-refractivity contribution in [3.05, 3.63) is 52.2 Å². The van der Waals surface area contributed by atoms with Crippen molar-refractivity contribution >= 4 is 45.3 Å². The summed E-state index contributed by atoms with van der Waals surface area (Å²) in [6.07, 6.45) is 2.75. The van der Waals surface area contributed by atoms with Crippen LogP contribution < -0.4 is 10.1 Å². The van der Waals surface area contributed by atoms with Gasteiger partial charge in [0.25, 0.3) is 0 Å². The molecule has 3 heterocycles. The van der Waals surface area contributed by atoms with E-state index >= 15 is 0 Å². The lowest BCUT2D eigenvalue weighted by Gasteiger charge is -2.17. The predicted molar refractivity (Wildman–Crippen MR) is 130 cm³/mol. The molecular weight excluding hydrogens is 465 g/mol. The van der Waals surface area contributed by atoms with Crippen LogP contribution in [0.2, 0.25) is 5.02 Å². The van der Waals surface area contributed by atoms with Crippen LogP contribution in [-0.2, 0) is 0 Å². The number of ether oxygens (including phenoxy) is 1. The second kappa shape index (κ2) is 10.4. The van der Waals surface area contributed by atoms with Gasteiger partial charge in [0, 0.05) is 29.8 Å². The number of ketones is 1. The van der Waals surface area contributed by atoms with E-state index in [9.17, 15) is 9.18 Å². The molecule has 0 radical (unpaired) electrons. The van der Waals surface area contributed by atoms with E-state index in [-0.39, 0.29) is 23.8 Å². The van der Waals surface area contributed by atoms with E-state index in [0.29, 0.717) is 34.1 Å². The first-order chi connectivity index (χ1) is 15.9. The number of benzene rings is 1. The van der Waals surface area contributed by atoms with Gasteiger partial charge in [0.05, 0.1) is 17.2 Å². The third kappa shape index (κ3) is 5.73. The lowest BCUT2D eigenvalue weighted by Crippen LogP contribution is -2.20. The Morgan fingerprint density at radius 3 is 2.94 bits per heavy atom. The Balaban J connectivity index is 1.51. The number of nitrogens with zero attached hydrogens (tertiary/aromatic N) is 4. The molecule has 0 saturated heterocycles. The van der Waals surface area contributed by atoms with E-state index in [2.05, 4.69) is 25.2 Å². The van der Waals surface area contributed by atoms with Crippen LogP contribution in [0, 0.1) is 5.82 Å². The topological polar surface area (TPSA) is 79.7 Å². The van der Waals surface area contributed by atoms with Crippen molar-refractivity contribution in [2.45, 2.75) is 12.8 Å². The summed E-state index contributed by atoms with van der Waals surface area (Å²) in [6, 6.07) is 5.78. The summed E-state index contributed by atoms with van der Waals surface area (Å²) in [4.78, 5) is 28.7. The molecular formula is C23H23ClFN5O2S. The summed E-state index contributed by atoms with van der Waals surface area (Å²) in [6.45, 7) is 1.89. The number of anilines is 1. The highest BCUT2D eigenvalue weighted by Gasteiger charge is 2.25. The van der Waals surface area contributed by atoms with Gasteiger partial charge in [-0.05, 0) is 45.3 Å². The quantitative estimate of drug-likeness (QED) is 0.423. The van der Waals surface area contributed by atoms with Crippen LogP contribution in [0.15, 0.2) is 40.8 Å². The van der Waals surface area contributed by atoms with Gasteiger partial charge in [0.15, 0.2) is 10.9 Å². The van der Waals surface area contributed by atoms with Crippen LogP contribution in [-0.4, -0.2) is 60.2 Å². The van der Waals surface area contributed by atoms with Crippen LogP contribution in [0.25, 0.3) is 11.4 Å². The fraction of sp³-hybridized carbons (Fsp3) is 0.304.